The van der Waals surface area contributed by atoms with E-state index in [0.717, 1.165) is 33.2 Å². The van der Waals surface area contributed by atoms with Crippen molar-refractivity contribution >= 4 is 23.2 Å². The first kappa shape index (κ1) is 20.3. The van der Waals surface area contributed by atoms with Gasteiger partial charge in [0.25, 0.3) is 0 Å². The number of carboxylic acids is 1. The SMILES string of the molecule is COc1ccc(-c2nc(CNC(=O)CC(=O)O)sc2-c2ccc(OC)cc2)cc1. The predicted molar refractivity (Wildman–Crippen MR) is 110 cm³/mol. The highest BCUT2D eigenvalue weighted by atomic mass is 32.1. The van der Waals surface area contributed by atoms with Crippen LogP contribution in [-0.4, -0.2) is 36.2 Å². The summed E-state index contributed by atoms with van der Waals surface area (Å²) in [5.41, 5.74) is 2.67. The van der Waals surface area contributed by atoms with Gasteiger partial charge in [-0.1, -0.05) is 0 Å². The Kier molecular flexibility index (Phi) is 6.46. The molecule has 0 saturated carbocycles. The number of rotatable bonds is 8. The van der Waals surface area contributed by atoms with Gasteiger partial charge in [-0.3, -0.25) is 9.59 Å². The van der Waals surface area contributed by atoms with Gasteiger partial charge >= 0.3 is 5.97 Å². The van der Waals surface area contributed by atoms with E-state index in [0.29, 0.717) is 5.01 Å². The van der Waals surface area contributed by atoms with Crippen molar-refractivity contribution in [3.63, 3.8) is 0 Å². The van der Waals surface area contributed by atoms with Gasteiger partial charge in [0.1, 0.15) is 22.9 Å². The number of methoxy groups -OCH3 is 2. The van der Waals surface area contributed by atoms with Gasteiger partial charge in [-0.15, -0.1) is 11.3 Å². The fourth-order valence-electron chi connectivity index (χ4n) is 2.70. The summed E-state index contributed by atoms with van der Waals surface area (Å²) in [4.78, 5) is 28.0. The average Bonchev–Trinajstić information content (AvgIpc) is 3.16. The van der Waals surface area contributed by atoms with Crippen LogP contribution in [0, 0.1) is 0 Å². The number of aromatic nitrogens is 1. The molecule has 1 heterocycles. The first-order valence-electron chi connectivity index (χ1n) is 8.77. The van der Waals surface area contributed by atoms with Crippen LogP contribution in [0.15, 0.2) is 48.5 Å². The largest absolute Gasteiger partial charge is 0.497 e. The minimum absolute atomic E-state index is 0.163. The highest BCUT2D eigenvalue weighted by Crippen LogP contribution is 2.38. The third-order valence-electron chi connectivity index (χ3n) is 4.14. The molecule has 2 N–H and O–H groups in total. The van der Waals surface area contributed by atoms with Gasteiger partial charge in [0.15, 0.2) is 0 Å². The molecule has 0 fully saturated rings. The molecule has 150 valence electrons. The van der Waals surface area contributed by atoms with Crippen molar-refractivity contribution in [3.8, 4) is 33.2 Å². The van der Waals surface area contributed by atoms with E-state index in [2.05, 4.69) is 5.32 Å². The van der Waals surface area contributed by atoms with E-state index in [9.17, 15) is 9.59 Å². The average molecular weight is 412 g/mol. The van der Waals surface area contributed by atoms with Crippen LogP contribution in [0.4, 0.5) is 0 Å². The van der Waals surface area contributed by atoms with Crippen LogP contribution in [0.1, 0.15) is 11.4 Å². The molecule has 1 aromatic heterocycles. The fraction of sp³-hybridized carbons (Fsp3) is 0.190. The monoisotopic (exact) mass is 412 g/mol. The van der Waals surface area contributed by atoms with E-state index in [4.69, 9.17) is 19.6 Å². The summed E-state index contributed by atoms with van der Waals surface area (Å²) in [6, 6.07) is 15.2. The zero-order valence-corrected chi connectivity index (χ0v) is 16.8. The zero-order chi connectivity index (χ0) is 20.8. The molecule has 0 saturated heterocycles. The van der Waals surface area contributed by atoms with Gasteiger partial charge in [0.2, 0.25) is 5.91 Å². The van der Waals surface area contributed by atoms with Crippen molar-refractivity contribution in [3.05, 3.63) is 53.5 Å². The summed E-state index contributed by atoms with van der Waals surface area (Å²) in [5, 5.41) is 12.0. The molecule has 0 aliphatic carbocycles. The number of thiazole rings is 1. The summed E-state index contributed by atoms with van der Waals surface area (Å²) < 4.78 is 10.4. The fourth-order valence-corrected chi connectivity index (χ4v) is 3.73. The molecule has 1 amide bonds. The van der Waals surface area contributed by atoms with E-state index in [1.807, 2.05) is 48.5 Å². The molecule has 0 unspecified atom stereocenters. The smallest absolute Gasteiger partial charge is 0.312 e. The van der Waals surface area contributed by atoms with E-state index in [1.165, 1.54) is 11.3 Å². The number of carbonyl (C=O) groups is 2. The Morgan fingerprint density at radius 3 is 2.03 bits per heavy atom. The van der Waals surface area contributed by atoms with Crippen LogP contribution in [0.25, 0.3) is 21.7 Å². The Balaban J connectivity index is 1.93. The third-order valence-corrected chi connectivity index (χ3v) is 5.24. The van der Waals surface area contributed by atoms with Crippen LogP contribution >= 0.6 is 11.3 Å². The number of amides is 1. The summed E-state index contributed by atoms with van der Waals surface area (Å²) in [5.74, 6) is -0.217. The van der Waals surface area contributed by atoms with Crippen LogP contribution in [0.2, 0.25) is 0 Å². The molecule has 3 aromatic rings. The van der Waals surface area contributed by atoms with Crippen LogP contribution in [-0.2, 0) is 16.1 Å². The van der Waals surface area contributed by atoms with Crippen molar-refractivity contribution < 1.29 is 24.2 Å². The topological polar surface area (TPSA) is 97.8 Å². The number of nitrogens with zero attached hydrogens (tertiary/aromatic N) is 1. The van der Waals surface area contributed by atoms with Gasteiger partial charge in [0.05, 0.1) is 31.3 Å². The zero-order valence-electron chi connectivity index (χ0n) is 16.0. The van der Waals surface area contributed by atoms with Crippen LogP contribution < -0.4 is 14.8 Å². The number of hydrogen-bond acceptors (Lipinski definition) is 6. The van der Waals surface area contributed by atoms with Crippen LogP contribution in [0.5, 0.6) is 11.5 Å². The Bertz CT molecular complexity index is 932. The highest BCUT2D eigenvalue weighted by Gasteiger charge is 2.16. The molecule has 0 radical (unpaired) electrons. The maximum absolute atomic E-state index is 11.7. The summed E-state index contributed by atoms with van der Waals surface area (Å²) in [7, 11) is 3.22. The van der Waals surface area contributed by atoms with E-state index in [1.54, 1.807) is 14.2 Å². The van der Waals surface area contributed by atoms with Crippen molar-refractivity contribution in [1.82, 2.24) is 10.3 Å². The molecule has 8 heteroatoms. The lowest BCUT2D eigenvalue weighted by molar-refractivity contribution is -0.140. The molecular weight excluding hydrogens is 392 g/mol. The van der Waals surface area contributed by atoms with Gasteiger partial charge in [-0.25, -0.2) is 4.98 Å². The van der Waals surface area contributed by atoms with Gasteiger partial charge < -0.3 is 19.9 Å². The lowest BCUT2D eigenvalue weighted by atomic mass is 10.1. The second-order valence-electron chi connectivity index (χ2n) is 6.09. The van der Waals surface area contributed by atoms with Crippen molar-refractivity contribution in [2.24, 2.45) is 0 Å². The third kappa shape index (κ3) is 5.11. The predicted octanol–water partition coefficient (Wildman–Crippen LogP) is 3.59. The lowest BCUT2D eigenvalue weighted by Gasteiger charge is -2.05. The Hall–Kier alpha value is -3.39. The molecular formula is C21H20N2O5S. The maximum atomic E-state index is 11.7. The van der Waals surface area contributed by atoms with E-state index < -0.39 is 18.3 Å². The highest BCUT2D eigenvalue weighted by molar-refractivity contribution is 7.15. The van der Waals surface area contributed by atoms with Gasteiger partial charge in [0, 0.05) is 5.56 Å². The van der Waals surface area contributed by atoms with Gasteiger partial charge in [-0.05, 0) is 54.1 Å². The molecule has 0 atom stereocenters. The minimum Gasteiger partial charge on any atom is -0.497 e. The second kappa shape index (κ2) is 9.20. The van der Waals surface area contributed by atoms with Crippen molar-refractivity contribution in [1.29, 1.82) is 0 Å². The van der Waals surface area contributed by atoms with Crippen molar-refractivity contribution in [2.45, 2.75) is 13.0 Å². The molecule has 29 heavy (non-hydrogen) atoms. The number of carboxylic acid groups (broad SMARTS) is 1. The standard InChI is InChI=1S/C21H20N2O5S/c1-27-15-7-3-13(4-8-15)20-21(14-5-9-16(28-2)10-6-14)29-18(23-20)12-22-17(24)11-19(25)26/h3-10H,11-12H2,1-2H3,(H,22,24)(H,25,26). The molecule has 0 aliphatic rings. The molecule has 0 aliphatic heterocycles. The first-order chi connectivity index (χ1) is 14.0. The van der Waals surface area contributed by atoms with E-state index >= 15 is 0 Å². The number of aliphatic carboxylic acids is 1. The molecule has 0 spiro atoms. The minimum atomic E-state index is -1.17. The number of benzene rings is 2. The normalized spacial score (nSPS) is 10.4. The maximum Gasteiger partial charge on any atom is 0.312 e. The van der Waals surface area contributed by atoms with Crippen LogP contribution in [0.3, 0.4) is 0 Å². The Morgan fingerprint density at radius 1 is 0.966 bits per heavy atom. The number of nitrogens with one attached hydrogen (secondary N) is 1. The molecule has 2 aromatic carbocycles. The number of hydrogen-bond donors (Lipinski definition) is 2. The second-order valence-corrected chi connectivity index (χ2v) is 7.17. The molecule has 3 rings (SSSR count). The molecule has 7 nitrogen and oxygen atoms in total. The van der Waals surface area contributed by atoms with E-state index in [-0.39, 0.29) is 6.54 Å². The summed E-state index contributed by atoms with van der Waals surface area (Å²) in [6.45, 7) is 0.163. The quantitative estimate of drug-likeness (QED) is 0.549. The Labute approximate surface area is 171 Å². The molecule has 0 bridgehead atoms. The number of ether oxygens (including phenoxy) is 2. The summed E-state index contributed by atoms with van der Waals surface area (Å²) in [6.07, 6.45) is -0.567. The van der Waals surface area contributed by atoms with Gasteiger partial charge in [-0.2, -0.15) is 0 Å². The first-order valence-corrected chi connectivity index (χ1v) is 9.59. The number of carbonyl (C=O) groups excluding carboxylic acids is 1. The lowest BCUT2D eigenvalue weighted by Crippen LogP contribution is -2.24. The summed E-state index contributed by atoms with van der Waals surface area (Å²) >= 11 is 1.45. The van der Waals surface area contributed by atoms with Crippen molar-refractivity contribution in [2.75, 3.05) is 14.2 Å². The Morgan fingerprint density at radius 2 is 1.52 bits per heavy atom.